The molecule has 0 saturated heterocycles. The van der Waals surface area contributed by atoms with E-state index >= 15 is 0 Å². The van der Waals surface area contributed by atoms with E-state index in [0.717, 1.165) is 25.7 Å². The molecule has 102 valence electrons. The lowest BCUT2D eigenvalue weighted by atomic mass is 9.89. The van der Waals surface area contributed by atoms with Gasteiger partial charge in [0.15, 0.2) is 0 Å². The Hall–Kier alpha value is -0.600. The second-order valence-electron chi connectivity index (χ2n) is 4.84. The van der Waals surface area contributed by atoms with Crippen LogP contribution < -0.4 is 0 Å². The third-order valence-electron chi connectivity index (χ3n) is 3.31. The Kier molecular flexibility index (Phi) is 6.66. The van der Waals surface area contributed by atoms with Gasteiger partial charge >= 0.3 is 0 Å². The molecule has 0 saturated carbocycles. The van der Waals surface area contributed by atoms with Crippen molar-refractivity contribution < 1.29 is 9.50 Å². The van der Waals surface area contributed by atoms with E-state index in [0.29, 0.717) is 17.0 Å². The monoisotopic (exact) mass is 272 g/mol. The second-order valence-corrected chi connectivity index (χ2v) is 5.28. The quantitative estimate of drug-likeness (QED) is 0.769. The summed E-state index contributed by atoms with van der Waals surface area (Å²) in [5, 5.41) is 10.6. The lowest BCUT2D eigenvalue weighted by Gasteiger charge is -2.22. The molecule has 0 amide bonds. The fourth-order valence-electron chi connectivity index (χ4n) is 2.35. The second kappa shape index (κ2) is 7.75. The molecule has 0 spiro atoms. The number of rotatable bonds is 7. The van der Waals surface area contributed by atoms with Gasteiger partial charge in [0.1, 0.15) is 5.82 Å². The Bertz CT molecular complexity index is 362. The van der Waals surface area contributed by atoms with Crippen LogP contribution in [0, 0.1) is 11.7 Å². The first-order valence-corrected chi connectivity index (χ1v) is 7.08. The summed E-state index contributed by atoms with van der Waals surface area (Å²) < 4.78 is 13.7. The first-order chi connectivity index (χ1) is 8.58. The van der Waals surface area contributed by atoms with Gasteiger partial charge in [0, 0.05) is 11.4 Å². The summed E-state index contributed by atoms with van der Waals surface area (Å²) in [5.74, 6) is -0.0663. The fourth-order valence-corrected chi connectivity index (χ4v) is 2.51. The van der Waals surface area contributed by atoms with Gasteiger partial charge in [-0.2, -0.15) is 0 Å². The molecule has 0 aliphatic heterocycles. The van der Waals surface area contributed by atoms with Crippen molar-refractivity contribution >= 4 is 11.6 Å². The average molecular weight is 273 g/mol. The molecular formula is C15H22ClFO. The van der Waals surface area contributed by atoms with Gasteiger partial charge in [0.25, 0.3) is 0 Å². The summed E-state index contributed by atoms with van der Waals surface area (Å²) in [6, 6.07) is 4.63. The molecule has 0 radical (unpaired) electrons. The van der Waals surface area contributed by atoms with Crippen LogP contribution in [0.4, 0.5) is 4.39 Å². The molecule has 1 aromatic rings. The van der Waals surface area contributed by atoms with Crippen LogP contribution in [0.3, 0.4) is 0 Å². The van der Waals surface area contributed by atoms with E-state index < -0.39 is 6.10 Å². The van der Waals surface area contributed by atoms with Gasteiger partial charge in [0.05, 0.1) is 6.10 Å². The maximum atomic E-state index is 13.7. The van der Waals surface area contributed by atoms with Crippen LogP contribution in [0.5, 0.6) is 0 Å². The third kappa shape index (κ3) is 4.58. The molecule has 1 atom stereocenters. The van der Waals surface area contributed by atoms with Crippen LogP contribution in [0.25, 0.3) is 0 Å². The minimum atomic E-state index is -0.472. The zero-order chi connectivity index (χ0) is 13.5. The molecule has 0 bridgehead atoms. The highest BCUT2D eigenvalue weighted by Gasteiger charge is 2.19. The first-order valence-electron chi connectivity index (χ1n) is 6.70. The van der Waals surface area contributed by atoms with E-state index in [-0.39, 0.29) is 11.7 Å². The third-order valence-corrected chi connectivity index (χ3v) is 3.54. The molecule has 1 rings (SSSR count). The van der Waals surface area contributed by atoms with Crippen molar-refractivity contribution in [3.05, 3.63) is 34.6 Å². The molecule has 0 aliphatic rings. The SMILES string of the molecule is CCCC(CCC)C(O)Cc1ccc(Cl)cc1F. The fraction of sp³-hybridized carbons (Fsp3) is 0.600. The summed E-state index contributed by atoms with van der Waals surface area (Å²) in [7, 11) is 0. The minimum Gasteiger partial charge on any atom is -0.392 e. The first kappa shape index (κ1) is 15.5. The molecule has 0 aromatic heterocycles. The smallest absolute Gasteiger partial charge is 0.127 e. The predicted molar refractivity (Wildman–Crippen MR) is 74.4 cm³/mol. The van der Waals surface area contributed by atoms with E-state index in [1.807, 2.05) is 0 Å². The highest BCUT2D eigenvalue weighted by atomic mass is 35.5. The average Bonchev–Trinajstić information content (AvgIpc) is 2.32. The van der Waals surface area contributed by atoms with Crippen LogP contribution in [0.15, 0.2) is 18.2 Å². The summed E-state index contributed by atoms with van der Waals surface area (Å²) in [5.41, 5.74) is 0.545. The maximum absolute atomic E-state index is 13.7. The molecule has 0 heterocycles. The van der Waals surface area contributed by atoms with Gasteiger partial charge in [-0.1, -0.05) is 44.4 Å². The van der Waals surface area contributed by atoms with Crippen LogP contribution >= 0.6 is 11.6 Å². The molecule has 1 unspecified atom stereocenters. The normalized spacial score (nSPS) is 13.0. The predicted octanol–water partition coefficient (Wildman–Crippen LogP) is 4.60. The van der Waals surface area contributed by atoms with Crippen molar-refractivity contribution in [2.24, 2.45) is 5.92 Å². The zero-order valence-electron chi connectivity index (χ0n) is 11.1. The van der Waals surface area contributed by atoms with Crippen LogP contribution in [-0.2, 0) is 6.42 Å². The highest BCUT2D eigenvalue weighted by Crippen LogP contribution is 2.23. The van der Waals surface area contributed by atoms with Crippen molar-refractivity contribution in [3.63, 3.8) is 0 Å². The van der Waals surface area contributed by atoms with E-state index in [1.54, 1.807) is 12.1 Å². The molecular weight excluding hydrogens is 251 g/mol. The number of benzene rings is 1. The summed E-state index contributed by atoms with van der Waals surface area (Å²) in [6.07, 6.45) is 3.97. The van der Waals surface area contributed by atoms with Gasteiger partial charge in [0.2, 0.25) is 0 Å². The number of hydrogen-bond donors (Lipinski definition) is 1. The number of aliphatic hydroxyl groups is 1. The van der Waals surface area contributed by atoms with E-state index in [9.17, 15) is 9.50 Å². The van der Waals surface area contributed by atoms with E-state index in [4.69, 9.17) is 11.6 Å². The largest absolute Gasteiger partial charge is 0.392 e. The van der Waals surface area contributed by atoms with E-state index in [2.05, 4.69) is 13.8 Å². The number of hydrogen-bond acceptors (Lipinski definition) is 1. The Morgan fingerprint density at radius 1 is 1.22 bits per heavy atom. The van der Waals surface area contributed by atoms with Gasteiger partial charge in [-0.05, 0) is 36.5 Å². The van der Waals surface area contributed by atoms with Crippen molar-refractivity contribution in [2.45, 2.75) is 52.1 Å². The lowest BCUT2D eigenvalue weighted by Crippen LogP contribution is -2.23. The number of aliphatic hydroxyl groups excluding tert-OH is 1. The Balaban J connectivity index is 2.69. The molecule has 18 heavy (non-hydrogen) atoms. The molecule has 0 aliphatic carbocycles. The van der Waals surface area contributed by atoms with Gasteiger partial charge < -0.3 is 5.11 Å². The van der Waals surface area contributed by atoms with Crippen LogP contribution in [0.2, 0.25) is 5.02 Å². The molecule has 0 fully saturated rings. The molecule has 3 heteroatoms. The Labute approximate surface area is 114 Å². The van der Waals surface area contributed by atoms with Crippen molar-refractivity contribution in [3.8, 4) is 0 Å². The Morgan fingerprint density at radius 2 is 1.83 bits per heavy atom. The van der Waals surface area contributed by atoms with Crippen molar-refractivity contribution in [1.29, 1.82) is 0 Å². The molecule has 1 aromatic carbocycles. The standard InChI is InChI=1S/C15H22ClFO/c1-3-5-11(6-4-2)15(18)9-12-7-8-13(16)10-14(12)17/h7-8,10-11,15,18H,3-6,9H2,1-2H3. The molecule has 1 nitrogen and oxygen atoms in total. The summed E-state index contributed by atoms with van der Waals surface area (Å²) in [4.78, 5) is 0. The zero-order valence-corrected chi connectivity index (χ0v) is 11.9. The van der Waals surface area contributed by atoms with Crippen LogP contribution in [0.1, 0.15) is 45.1 Å². The Morgan fingerprint density at radius 3 is 2.33 bits per heavy atom. The van der Waals surface area contributed by atoms with Gasteiger partial charge in [-0.3, -0.25) is 0 Å². The van der Waals surface area contributed by atoms with Gasteiger partial charge in [-0.25, -0.2) is 4.39 Å². The maximum Gasteiger partial charge on any atom is 0.127 e. The van der Waals surface area contributed by atoms with Crippen molar-refractivity contribution in [1.82, 2.24) is 0 Å². The summed E-state index contributed by atoms with van der Waals surface area (Å²) >= 11 is 5.71. The van der Waals surface area contributed by atoms with Crippen molar-refractivity contribution in [2.75, 3.05) is 0 Å². The van der Waals surface area contributed by atoms with Gasteiger partial charge in [-0.15, -0.1) is 0 Å². The number of halogens is 2. The lowest BCUT2D eigenvalue weighted by molar-refractivity contribution is 0.0955. The van der Waals surface area contributed by atoms with Crippen LogP contribution in [-0.4, -0.2) is 11.2 Å². The minimum absolute atomic E-state index is 0.259. The van der Waals surface area contributed by atoms with E-state index in [1.165, 1.54) is 6.07 Å². The highest BCUT2D eigenvalue weighted by molar-refractivity contribution is 6.30. The summed E-state index contributed by atoms with van der Waals surface area (Å²) in [6.45, 7) is 4.22. The topological polar surface area (TPSA) is 20.2 Å². The molecule has 1 N–H and O–H groups in total.